The van der Waals surface area contributed by atoms with Gasteiger partial charge in [-0.15, -0.1) is 0 Å². The van der Waals surface area contributed by atoms with Crippen molar-refractivity contribution >= 4 is 0 Å². The van der Waals surface area contributed by atoms with Crippen LogP contribution in [0.1, 0.15) is 26.2 Å². The molecule has 2 rings (SSSR count). The van der Waals surface area contributed by atoms with Crippen molar-refractivity contribution in [2.75, 3.05) is 19.6 Å². The third kappa shape index (κ3) is 2.76. The molecule has 0 spiro atoms. The highest BCUT2D eigenvalue weighted by Gasteiger charge is 2.31. The summed E-state index contributed by atoms with van der Waals surface area (Å²) in [6.07, 6.45) is 4.31. The van der Waals surface area contributed by atoms with E-state index in [1.54, 1.807) is 0 Å². The Morgan fingerprint density at radius 2 is 2.00 bits per heavy atom. The van der Waals surface area contributed by atoms with E-state index in [4.69, 9.17) is 0 Å². The van der Waals surface area contributed by atoms with Crippen LogP contribution in [-0.4, -0.2) is 25.7 Å². The molecule has 0 aliphatic heterocycles. The summed E-state index contributed by atoms with van der Waals surface area (Å²) in [4.78, 5) is 0. The zero-order chi connectivity index (χ0) is 8.39. The summed E-state index contributed by atoms with van der Waals surface area (Å²) in [5.41, 5.74) is 0. The topological polar surface area (TPSA) is 24.1 Å². The van der Waals surface area contributed by atoms with Gasteiger partial charge in [0.25, 0.3) is 0 Å². The molecule has 70 valence electrons. The molecular weight excluding hydrogens is 148 g/mol. The number of hydrogen-bond acceptors (Lipinski definition) is 2. The molecule has 2 heteroatoms. The minimum absolute atomic E-state index is 0.840. The average molecular weight is 168 g/mol. The fraction of sp³-hybridized carbons (Fsp3) is 1.00. The van der Waals surface area contributed by atoms with E-state index in [0.29, 0.717) is 0 Å². The van der Waals surface area contributed by atoms with Gasteiger partial charge < -0.3 is 10.6 Å². The van der Waals surface area contributed by atoms with E-state index in [2.05, 4.69) is 17.6 Å². The van der Waals surface area contributed by atoms with Gasteiger partial charge in [-0.1, -0.05) is 6.92 Å². The zero-order valence-electron chi connectivity index (χ0n) is 7.97. The molecule has 0 aromatic heterocycles. The summed E-state index contributed by atoms with van der Waals surface area (Å²) in [5, 5.41) is 7.02. The molecule has 0 saturated heterocycles. The lowest BCUT2D eigenvalue weighted by Crippen LogP contribution is -2.30. The maximum Gasteiger partial charge on any atom is 0.00969 e. The molecule has 12 heavy (non-hydrogen) atoms. The van der Waals surface area contributed by atoms with Crippen molar-refractivity contribution in [3.05, 3.63) is 0 Å². The van der Waals surface area contributed by atoms with Crippen LogP contribution in [0.4, 0.5) is 0 Å². The van der Waals surface area contributed by atoms with E-state index in [1.165, 1.54) is 25.8 Å². The summed E-state index contributed by atoms with van der Waals surface area (Å²) >= 11 is 0. The van der Waals surface area contributed by atoms with Crippen molar-refractivity contribution in [1.29, 1.82) is 0 Å². The van der Waals surface area contributed by atoms with Gasteiger partial charge in [-0.2, -0.15) is 0 Å². The molecule has 0 heterocycles. The molecule has 0 aromatic carbocycles. The van der Waals surface area contributed by atoms with Crippen molar-refractivity contribution in [2.24, 2.45) is 11.8 Å². The summed E-state index contributed by atoms with van der Waals surface area (Å²) in [6.45, 7) is 5.87. The molecule has 2 fully saturated rings. The fourth-order valence-corrected chi connectivity index (χ4v) is 1.58. The summed E-state index contributed by atoms with van der Waals surface area (Å²) in [6, 6.07) is 0.840. The second-order valence-electron chi connectivity index (χ2n) is 4.42. The lowest BCUT2D eigenvalue weighted by Gasteiger charge is -2.04. The first kappa shape index (κ1) is 8.52. The molecule has 0 radical (unpaired) electrons. The maximum absolute atomic E-state index is 3.54. The van der Waals surface area contributed by atoms with Gasteiger partial charge in [0.1, 0.15) is 0 Å². The molecule has 2 aliphatic carbocycles. The highest BCUT2D eigenvalue weighted by molar-refractivity contribution is 4.89. The highest BCUT2D eigenvalue weighted by atomic mass is 15.0. The Kier molecular flexibility index (Phi) is 2.66. The first-order valence-corrected chi connectivity index (χ1v) is 5.30. The SMILES string of the molecule is CC1CC1NCCNCC1CC1. The standard InChI is InChI=1S/C10H20N2/c1-8-6-10(8)12-5-4-11-7-9-2-3-9/h8-12H,2-7H2,1H3. The molecule has 2 saturated carbocycles. The lowest BCUT2D eigenvalue weighted by atomic mass is 10.4. The van der Waals surface area contributed by atoms with E-state index in [1.807, 2.05) is 0 Å². The normalized spacial score (nSPS) is 33.8. The van der Waals surface area contributed by atoms with E-state index < -0.39 is 0 Å². The van der Waals surface area contributed by atoms with E-state index in [9.17, 15) is 0 Å². The first-order valence-electron chi connectivity index (χ1n) is 5.30. The van der Waals surface area contributed by atoms with Crippen molar-refractivity contribution < 1.29 is 0 Å². The predicted molar refractivity (Wildman–Crippen MR) is 51.2 cm³/mol. The average Bonchev–Trinajstić information content (AvgIpc) is 2.90. The zero-order valence-corrected chi connectivity index (χ0v) is 7.97. The number of rotatable bonds is 6. The Labute approximate surface area is 75.1 Å². The Balaban J connectivity index is 1.36. The molecule has 0 amide bonds. The van der Waals surface area contributed by atoms with Crippen LogP contribution in [0.5, 0.6) is 0 Å². The third-order valence-corrected chi connectivity index (χ3v) is 2.95. The van der Waals surface area contributed by atoms with Gasteiger partial charge in [0.2, 0.25) is 0 Å². The molecule has 2 aliphatic rings. The van der Waals surface area contributed by atoms with Crippen LogP contribution in [0.3, 0.4) is 0 Å². The van der Waals surface area contributed by atoms with Crippen molar-refractivity contribution in [3.8, 4) is 0 Å². The second kappa shape index (κ2) is 3.75. The molecule has 0 bridgehead atoms. The van der Waals surface area contributed by atoms with Gasteiger partial charge in [0, 0.05) is 19.1 Å². The van der Waals surface area contributed by atoms with Crippen molar-refractivity contribution in [3.63, 3.8) is 0 Å². The van der Waals surface area contributed by atoms with Crippen LogP contribution in [0, 0.1) is 11.8 Å². The molecular formula is C10H20N2. The van der Waals surface area contributed by atoms with E-state index >= 15 is 0 Å². The summed E-state index contributed by atoms with van der Waals surface area (Å²) in [7, 11) is 0. The summed E-state index contributed by atoms with van der Waals surface area (Å²) in [5.74, 6) is 1.96. The van der Waals surface area contributed by atoms with Crippen LogP contribution in [0.25, 0.3) is 0 Å². The van der Waals surface area contributed by atoms with Crippen molar-refractivity contribution in [1.82, 2.24) is 10.6 Å². The quantitative estimate of drug-likeness (QED) is 0.578. The van der Waals surface area contributed by atoms with Gasteiger partial charge in [-0.25, -0.2) is 0 Å². The minimum atomic E-state index is 0.840. The number of nitrogens with one attached hydrogen (secondary N) is 2. The monoisotopic (exact) mass is 168 g/mol. The third-order valence-electron chi connectivity index (χ3n) is 2.95. The maximum atomic E-state index is 3.54. The molecule has 2 nitrogen and oxygen atoms in total. The van der Waals surface area contributed by atoms with Crippen LogP contribution >= 0.6 is 0 Å². The van der Waals surface area contributed by atoms with E-state index in [-0.39, 0.29) is 0 Å². The minimum Gasteiger partial charge on any atom is -0.315 e. The molecule has 2 atom stereocenters. The number of hydrogen-bond donors (Lipinski definition) is 2. The predicted octanol–water partition coefficient (Wildman–Crippen LogP) is 0.984. The van der Waals surface area contributed by atoms with Gasteiger partial charge >= 0.3 is 0 Å². The van der Waals surface area contributed by atoms with Gasteiger partial charge in [-0.05, 0) is 37.6 Å². The molecule has 2 N–H and O–H groups in total. The smallest absolute Gasteiger partial charge is 0.00969 e. The highest BCUT2D eigenvalue weighted by Crippen LogP contribution is 2.28. The Bertz CT molecular complexity index is 143. The Morgan fingerprint density at radius 3 is 2.58 bits per heavy atom. The van der Waals surface area contributed by atoms with Crippen LogP contribution in [0.2, 0.25) is 0 Å². The molecule has 0 aromatic rings. The Morgan fingerprint density at radius 1 is 1.25 bits per heavy atom. The first-order chi connectivity index (χ1) is 5.86. The van der Waals surface area contributed by atoms with E-state index in [0.717, 1.165) is 31.0 Å². The largest absolute Gasteiger partial charge is 0.315 e. The van der Waals surface area contributed by atoms with Crippen LogP contribution < -0.4 is 10.6 Å². The van der Waals surface area contributed by atoms with Crippen molar-refractivity contribution in [2.45, 2.75) is 32.2 Å². The fourth-order valence-electron chi connectivity index (χ4n) is 1.58. The summed E-state index contributed by atoms with van der Waals surface area (Å²) < 4.78 is 0. The van der Waals surface area contributed by atoms with Crippen LogP contribution in [-0.2, 0) is 0 Å². The Hall–Kier alpha value is -0.0800. The van der Waals surface area contributed by atoms with Gasteiger partial charge in [0.15, 0.2) is 0 Å². The van der Waals surface area contributed by atoms with Gasteiger partial charge in [-0.3, -0.25) is 0 Å². The lowest BCUT2D eigenvalue weighted by molar-refractivity contribution is 0.577. The second-order valence-corrected chi connectivity index (χ2v) is 4.42. The van der Waals surface area contributed by atoms with Crippen LogP contribution in [0.15, 0.2) is 0 Å². The molecule has 2 unspecified atom stereocenters. The van der Waals surface area contributed by atoms with Gasteiger partial charge in [0.05, 0.1) is 0 Å².